The van der Waals surface area contributed by atoms with Crippen LogP contribution in [0.2, 0.25) is 5.02 Å². The van der Waals surface area contributed by atoms with Crippen LogP contribution in [0.25, 0.3) is 5.69 Å². The van der Waals surface area contributed by atoms with Gasteiger partial charge in [-0.1, -0.05) is 48.0 Å². The molecule has 1 aromatic heterocycles. The molecule has 1 fully saturated rings. The summed E-state index contributed by atoms with van der Waals surface area (Å²) in [4.78, 5) is 17.3. The minimum atomic E-state index is -0.00664. The summed E-state index contributed by atoms with van der Waals surface area (Å²) < 4.78 is 1.82. The maximum absolute atomic E-state index is 13.0. The van der Waals surface area contributed by atoms with Gasteiger partial charge in [0.25, 0.3) is 5.91 Å². The summed E-state index contributed by atoms with van der Waals surface area (Å²) in [6, 6.07) is 19.9. The first-order valence-electron chi connectivity index (χ1n) is 9.94. The molecule has 0 saturated carbocycles. The van der Waals surface area contributed by atoms with Crippen LogP contribution in [-0.2, 0) is 0 Å². The fourth-order valence-electron chi connectivity index (χ4n) is 3.89. The number of hydrogen-bond acceptors (Lipinski definition) is 3. The molecule has 3 aromatic rings. The molecule has 0 N–H and O–H groups in total. The molecule has 0 spiro atoms. The van der Waals surface area contributed by atoms with E-state index < -0.39 is 0 Å². The molecule has 1 aliphatic heterocycles. The summed E-state index contributed by atoms with van der Waals surface area (Å²) in [5, 5.41) is 5.35. The van der Waals surface area contributed by atoms with E-state index in [9.17, 15) is 4.79 Å². The lowest BCUT2D eigenvalue weighted by Crippen LogP contribution is -2.49. The van der Waals surface area contributed by atoms with E-state index in [-0.39, 0.29) is 11.9 Å². The van der Waals surface area contributed by atoms with Gasteiger partial charge in [0, 0.05) is 42.9 Å². The Labute approximate surface area is 176 Å². The zero-order valence-corrected chi connectivity index (χ0v) is 17.5. The Balaban J connectivity index is 1.43. The third-order valence-corrected chi connectivity index (χ3v) is 5.96. The molecular formula is C23H25ClN4O. The van der Waals surface area contributed by atoms with E-state index in [2.05, 4.69) is 23.0 Å². The Morgan fingerprint density at radius 1 is 1.00 bits per heavy atom. The standard InChI is InChI=1S/C23H25ClN4O/c1-17-16-22(25-28(17)19-8-4-3-5-9-19)23(29)27-14-12-26(13-15-27)18(2)20-10-6-7-11-21(20)24/h3-11,16,18H,12-15H2,1-2H3. The van der Waals surface area contributed by atoms with Gasteiger partial charge in [0.2, 0.25) is 0 Å². The van der Waals surface area contributed by atoms with Gasteiger partial charge in [0.05, 0.1) is 5.69 Å². The highest BCUT2D eigenvalue weighted by atomic mass is 35.5. The van der Waals surface area contributed by atoms with Crippen LogP contribution in [0.3, 0.4) is 0 Å². The summed E-state index contributed by atoms with van der Waals surface area (Å²) in [5.74, 6) is -0.00664. The van der Waals surface area contributed by atoms with E-state index in [0.29, 0.717) is 18.8 Å². The van der Waals surface area contributed by atoms with Gasteiger partial charge < -0.3 is 4.90 Å². The first-order valence-corrected chi connectivity index (χ1v) is 10.3. The number of carbonyl (C=O) groups is 1. The van der Waals surface area contributed by atoms with Crippen molar-refractivity contribution >= 4 is 17.5 Å². The third kappa shape index (κ3) is 4.07. The van der Waals surface area contributed by atoms with Gasteiger partial charge in [-0.25, -0.2) is 4.68 Å². The number of carbonyl (C=O) groups excluding carboxylic acids is 1. The number of rotatable bonds is 4. The molecule has 1 saturated heterocycles. The summed E-state index contributed by atoms with van der Waals surface area (Å²) in [6.07, 6.45) is 0. The molecule has 0 aliphatic carbocycles. The van der Waals surface area contributed by atoms with E-state index in [1.807, 2.05) is 71.1 Å². The lowest BCUT2D eigenvalue weighted by Gasteiger charge is -2.38. The Morgan fingerprint density at radius 2 is 1.66 bits per heavy atom. The van der Waals surface area contributed by atoms with Crippen LogP contribution in [0.15, 0.2) is 60.7 Å². The second-order valence-electron chi connectivity index (χ2n) is 7.44. The lowest BCUT2D eigenvalue weighted by molar-refractivity contribution is 0.0576. The van der Waals surface area contributed by atoms with Crippen molar-refractivity contribution in [2.24, 2.45) is 0 Å². The number of hydrogen-bond donors (Lipinski definition) is 0. The molecule has 1 amide bonds. The predicted molar refractivity (Wildman–Crippen MR) is 116 cm³/mol. The number of nitrogens with zero attached hydrogens (tertiary/aromatic N) is 4. The number of para-hydroxylation sites is 1. The summed E-state index contributed by atoms with van der Waals surface area (Å²) in [7, 11) is 0. The van der Waals surface area contributed by atoms with Crippen LogP contribution in [0, 0.1) is 6.92 Å². The molecule has 6 heteroatoms. The minimum Gasteiger partial charge on any atom is -0.335 e. The lowest BCUT2D eigenvalue weighted by atomic mass is 10.1. The Hall–Kier alpha value is -2.63. The predicted octanol–water partition coefficient (Wildman–Crippen LogP) is 4.35. The van der Waals surface area contributed by atoms with Crippen LogP contribution in [0.1, 0.15) is 34.7 Å². The smallest absolute Gasteiger partial charge is 0.274 e. The highest BCUT2D eigenvalue weighted by molar-refractivity contribution is 6.31. The molecule has 1 aliphatic rings. The fraction of sp³-hybridized carbons (Fsp3) is 0.304. The van der Waals surface area contributed by atoms with Crippen molar-refractivity contribution in [1.29, 1.82) is 0 Å². The van der Waals surface area contributed by atoms with Crippen molar-refractivity contribution in [2.75, 3.05) is 26.2 Å². The second kappa shape index (κ2) is 8.39. The van der Waals surface area contributed by atoms with Gasteiger partial charge in [-0.15, -0.1) is 0 Å². The highest BCUT2D eigenvalue weighted by Gasteiger charge is 2.27. The van der Waals surface area contributed by atoms with E-state index in [4.69, 9.17) is 11.6 Å². The Morgan fingerprint density at radius 3 is 2.34 bits per heavy atom. The number of aromatic nitrogens is 2. The molecule has 4 rings (SSSR count). The minimum absolute atomic E-state index is 0.00664. The van der Waals surface area contributed by atoms with E-state index in [1.54, 1.807) is 0 Å². The van der Waals surface area contributed by atoms with Gasteiger partial charge in [0.15, 0.2) is 5.69 Å². The van der Waals surface area contributed by atoms with E-state index in [0.717, 1.165) is 35.1 Å². The quantitative estimate of drug-likeness (QED) is 0.644. The van der Waals surface area contributed by atoms with Crippen molar-refractivity contribution < 1.29 is 4.79 Å². The normalized spacial score (nSPS) is 16.0. The van der Waals surface area contributed by atoms with Crippen LogP contribution in [0.4, 0.5) is 0 Å². The van der Waals surface area contributed by atoms with Gasteiger partial charge >= 0.3 is 0 Å². The third-order valence-electron chi connectivity index (χ3n) is 5.61. The molecule has 1 unspecified atom stereocenters. The number of halogens is 1. The molecule has 1 atom stereocenters. The van der Waals surface area contributed by atoms with Crippen molar-refractivity contribution in [1.82, 2.24) is 19.6 Å². The van der Waals surface area contributed by atoms with Gasteiger partial charge in [0.1, 0.15) is 0 Å². The number of benzene rings is 2. The average Bonchev–Trinajstić information content (AvgIpc) is 3.15. The molecule has 0 bridgehead atoms. The summed E-state index contributed by atoms with van der Waals surface area (Å²) in [6.45, 7) is 7.15. The van der Waals surface area contributed by atoms with Gasteiger partial charge in [-0.2, -0.15) is 5.10 Å². The van der Waals surface area contributed by atoms with E-state index in [1.165, 1.54) is 0 Å². The molecule has 2 heterocycles. The SMILES string of the molecule is Cc1cc(C(=O)N2CCN(C(C)c3ccccc3Cl)CC2)nn1-c1ccccc1. The first-order chi connectivity index (χ1) is 14.0. The van der Waals surface area contributed by atoms with Crippen molar-refractivity contribution in [3.05, 3.63) is 82.6 Å². The molecule has 29 heavy (non-hydrogen) atoms. The molecule has 150 valence electrons. The number of amides is 1. The van der Waals surface area contributed by atoms with E-state index >= 15 is 0 Å². The maximum atomic E-state index is 13.0. The number of aryl methyl sites for hydroxylation is 1. The van der Waals surface area contributed by atoms with Crippen LogP contribution in [0.5, 0.6) is 0 Å². The zero-order valence-electron chi connectivity index (χ0n) is 16.8. The summed E-state index contributed by atoms with van der Waals surface area (Å²) >= 11 is 6.36. The summed E-state index contributed by atoms with van der Waals surface area (Å²) in [5.41, 5.74) is 3.54. The van der Waals surface area contributed by atoms with Crippen molar-refractivity contribution in [3.8, 4) is 5.69 Å². The van der Waals surface area contributed by atoms with Crippen LogP contribution in [-0.4, -0.2) is 51.7 Å². The average molecular weight is 409 g/mol. The largest absolute Gasteiger partial charge is 0.335 e. The maximum Gasteiger partial charge on any atom is 0.274 e. The Bertz CT molecular complexity index is 993. The number of piperazine rings is 1. The van der Waals surface area contributed by atoms with Crippen LogP contribution >= 0.6 is 11.6 Å². The first kappa shape index (κ1) is 19.7. The molecule has 2 aromatic carbocycles. The molecular weight excluding hydrogens is 384 g/mol. The second-order valence-corrected chi connectivity index (χ2v) is 7.85. The van der Waals surface area contributed by atoms with Crippen LogP contribution < -0.4 is 0 Å². The van der Waals surface area contributed by atoms with Crippen molar-refractivity contribution in [2.45, 2.75) is 19.9 Å². The van der Waals surface area contributed by atoms with Gasteiger partial charge in [-0.05, 0) is 43.7 Å². The topological polar surface area (TPSA) is 41.4 Å². The Kier molecular flexibility index (Phi) is 5.69. The highest BCUT2D eigenvalue weighted by Crippen LogP contribution is 2.28. The van der Waals surface area contributed by atoms with Gasteiger partial charge in [-0.3, -0.25) is 9.69 Å². The van der Waals surface area contributed by atoms with Crippen molar-refractivity contribution in [3.63, 3.8) is 0 Å². The molecule has 0 radical (unpaired) electrons. The monoisotopic (exact) mass is 408 g/mol. The molecule has 5 nitrogen and oxygen atoms in total. The fourth-order valence-corrected chi connectivity index (χ4v) is 4.19. The zero-order chi connectivity index (χ0) is 20.4.